The quantitative estimate of drug-likeness (QED) is 0.215. The number of carbonyl (C=O) groups is 3. The summed E-state index contributed by atoms with van der Waals surface area (Å²) in [4.78, 5) is 41.9. The highest BCUT2D eigenvalue weighted by Gasteiger charge is 2.40. The number of nitrogens with zero attached hydrogens (tertiary/aromatic N) is 2. The van der Waals surface area contributed by atoms with E-state index in [0.717, 1.165) is 21.2 Å². The van der Waals surface area contributed by atoms with E-state index in [-0.39, 0.29) is 23.8 Å². The minimum atomic E-state index is -3.90. The number of nitrogens with one attached hydrogen (secondary N) is 3. The van der Waals surface area contributed by atoms with Crippen LogP contribution in [0, 0.1) is 13.8 Å². The van der Waals surface area contributed by atoms with Gasteiger partial charge in [0.1, 0.15) is 17.9 Å². The molecular formula is C31H37N5O6S. The van der Waals surface area contributed by atoms with Gasteiger partial charge in [-0.05, 0) is 74.1 Å². The van der Waals surface area contributed by atoms with Gasteiger partial charge >= 0.3 is 5.97 Å². The Kier molecular flexibility index (Phi) is 10.5. The van der Waals surface area contributed by atoms with E-state index in [1.54, 1.807) is 48.7 Å². The molecule has 228 valence electrons. The number of anilines is 2. The molecule has 2 atom stereocenters. The van der Waals surface area contributed by atoms with Gasteiger partial charge in [0.25, 0.3) is 0 Å². The lowest BCUT2D eigenvalue weighted by Gasteiger charge is -2.25. The number of aromatic nitrogens is 1. The molecule has 4 N–H and O–H groups in total. The molecule has 2 heterocycles. The number of aryl methyl sites for hydroxylation is 2. The molecule has 1 fully saturated rings. The Labute approximate surface area is 251 Å². The highest BCUT2D eigenvalue weighted by molar-refractivity contribution is 7.89. The molecule has 2 aromatic carbocycles. The monoisotopic (exact) mass is 607 g/mol. The van der Waals surface area contributed by atoms with Gasteiger partial charge in [0, 0.05) is 37.8 Å². The zero-order valence-electron chi connectivity index (χ0n) is 24.2. The summed E-state index contributed by atoms with van der Waals surface area (Å²) in [6, 6.07) is 14.4. The fourth-order valence-corrected chi connectivity index (χ4v) is 6.70. The molecule has 1 saturated heterocycles. The SMILES string of the molecule is Cc1cnc(NCCCC(=O)Nc2ccc(CC(NC(=O)C3CCCN3S(=O)(=O)c3ccccc3)C(=O)O)cc2)c(C)c1. The summed E-state index contributed by atoms with van der Waals surface area (Å²) in [5, 5.41) is 18.4. The Morgan fingerprint density at radius 2 is 1.79 bits per heavy atom. The van der Waals surface area contributed by atoms with E-state index in [4.69, 9.17) is 0 Å². The van der Waals surface area contributed by atoms with Gasteiger partial charge in [0.05, 0.1) is 4.90 Å². The number of hydrogen-bond acceptors (Lipinski definition) is 7. The summed E-state index contributed by atoms with van der Waals surface area (Å²) >= 11 is 0. The van der Waals surface area contributed by atoms with Crippen LogP contribution in [0.1, 0.15) is 42.4 Å². The van der Waals surface area contributed by atoms with Crippen LogP contribution in [0.4, 0.5) is 11.5 Å². The van der Waals surface area contributed by atoms with Crippen molar-refractivity contribution in [3.8, 4) is 0 Å². The first kappa shape index (κ1) is 31.6. The van der Waals surface area contributed by atoms with E-state index in [9.17, 15) is 27.9 Å². The molecule has 2 unspecified atom stereocenters. The molecule has 12 heteroatoms. The van der Waals surface area contributed by atoms with Crippen LogP contribution in [0.25, 0.3) is 0 Å². The molecule has 1 aliphatic heterocycles. The van der Waals surface area contributed by atoms with Crippen LogP contribution in [0.2, 0.25) is 0 Å². The third-order valence-corrected chi connectivity index (χ3v) is 9.16. The zero-order chi connectivity index (χ0) is 31.0. The van der Waals surface area contributed by atoms with Gasteiger partial charge in [-0.1, -0.05) is 36.4 Å². The minimum absolute atomic E-state index is 0.00835. The van der Waals surface area contributed by atoms with E-state index >= 15 is 0 Å². The van der Waals surface area contributed by atoms with Crippen molar-refractivity contribution in [1.82, 2.24) is 14.6 Å². The standard InChI is InChI=1S/C31H37N5O6S/c1-21-18-22(2)29(33-20-21)32-16-6-11-28(37)34-24-14-12-23(13-15-24)19-26(31(39)40)35-30(38)27-10-7-17-36(27)43(41,42)25-8-4-3-5-9-25/h3-5,8-9,12-15,18,20,26-27H,6-7,10-11,16-17,19H2,1-2H3,(H,32,33)(H,34,37)(H,35,38)(H,39,40). The first-order valence-electron chi connectivity index (χ1n) is 14.2. The normalized spacial score (nSPS) is 15.9. The Morgan fingerprint density at radius 1 is 1.07 bits per heavy atom. The fourth-order valence-electron chi connectivity index (χ4n) is 5.03. The van der Waals surface area contributed by atoms with E-state index in [2.05, 4.69) is 20.9 Å². The Bertz CT molecular complexity index is 1550. The average Bonchev–Trinajstić information content (AvgIpc) is 3.49. The van der Waals surface area contributed by atoms with Crippen LogP contribution in [-0.4, -0.2) is 65.8 Å². The van der Waals surface area contributed by atoms with Gasteiger partial charge in [0.15, 0.2) is 0 Å². The fraction of sp³-hybridized carbons (Fsp3) is 0.355. The Morgan fingerprint density at radius 3 is 2.47 bits per heavy atom. The minimum Gasteiger partial charge on any atom is -0.480 e. The van der Waals surface area contributed by atoms with Gasteiger partial charge in [-0.3, -0.25) is 9.59 Å². The number of pyridine rings is 1. The molecule has 1 aliphatic rings. The highest BCUT2D eigenvalue weighted by Crippen LogP contribution is 2.26. The number of hydrogen-bond donors (Lipinski definition) is 4. The third-order valence-electron chi connectivity index (χ3n) is 7.24. The first-order valence-corrected chi connectivity index (χ1v) is 15.6. The maximum atomic E-state index is 13.1. The summed E-state index contributed by atoms with van der Waals surface area (Å²) in [5.41, 5.74) is 3.34. The summed E-state index contributed by atoms with van der Waals surface area (Å²) in [5.74, 6) is -1.22. The van der Waals surface area contributed by atoms with E-state index in [0.29, 0.717) is 43.5 Å². The second kappa shape index (κ2) is 14.3. The van der Waals surface area contributed by atoms with Crippen molar-refractivity contribution >= 4 is 39.3 Å². The van der Waals surface area contributed by atoms with Crippen molar-refractivity contribution in [2.45, 2.75) is 62.9 Å². The van der Waals surface area contributed by atoms with Crippen molar-refractivity contribution in [2.24, 2.45) is 0 Å². The topological polar surface area (TPSA) is 158 Å². The molecule has 0 spiro atoms. The Hall–Kier alpha value is -4.29. The lowest BCUT2D eigenvalue weighted by molar-refractivity contribution is -0.142. The maximum absolute atomic E-state index is 13.1. The largest absolute Gasteiger partial charge is 0.480 e. The van der Waals surface area contributed by atoms with Crippen molar-refractivity contribution < 1.29 is 27.9 Å². The van der Waals surface area contributed by atoms with Crippen LogP contribution in [0.3, 0.4) is 0 Å². The number of carbonyl (C=O) groups excluding carboxylic acids is 2. The highest BCUT2D eigenvalue weighted by atomic mass is 32.2. The Balaban J connectivity index is 1.28. The molecule has 0 saturated carbocycles. The van der Waals surface area contributed by atoms with Crippen molar-refractivity contribution in [3.63, 3.8) is 0 Å². The van der Waals surface area contributed by atoms with Crippen molar-refractivity contribution in [2.75, 3.05) is 23.7 Å². The predicted molar refractivity (Wildman–Crippen MR) is 163 cm³/mol. The number of aliphatic carboxylic acids is 1. The molecule has 4 rings (SSSR count). The number of benzene rings is 2. The van der Waals surface area contributed by atoms with Crippen LogP contribution in [0.5, 0.6) is 0 Å². The van der Waals surface area contributed by atoms with Crippen LogP contribution in [-0.2, 0) is 30.8 Å². The van der Waals surface area contributed by atoms with Crippen LogP contribution < -0.4 is 16.0 Å². The first-order chi connectivity index (χ1) is 20.5. The van der Waals surface area contributed by atoms with Gasteiger partial charge < -0.3 is 21.1 Å². The third kappa shape index (κ3) is 8.39. The lowest BCUT2D eigenvalue weighted by atomic mass is 10.0. The summed E-state index contributed by atoms with van der Waals surface area (Å²) in [6.07, 6.45) is 3.51. The second-order valence-electron chi connectivity index (χ2n) is 10.6. The zero-order valence-corrected chi connectivity index (χ0v) is 25.1. The number of carboxylic acid groups (broad SMARTS) is 1. The average molecular weight is 608 g/mol. The summed E-state index contributed by atoms with van der Waals surface area (Å²) in [6.45, 7) is 4.74. The van der Waals surface area contributed by atoms with E-state index < -0.39 is 34.0 Å². The van der Waals surface area contributed by atoms with Gasteiger partial charge in [0.2, 0.25) is 21.8 Å². The maximum Gasteiger partial charge on any atom is 0.326 e. The van der Waals surface area contributed by atoms with E-state index in [1.165, 1.54) is 12.1 Å². The molecular weight excluding hydrogens is 570 g/mol. The number of rotatable bonds is 13. The molecule has 43 heavy (non-hydrogen) atoms. The van der Waals surface area contributed by atoms with Gasteiger partial charge in [-0.2, -0.15) is 4.31 Å². The molecule has 3 aromatic rings. The molecule has 1 aromatic heterocycles. The lowest BCUT2D eigenvalue weighted by Crippen LogP contribution is -2.51. The van der Waals surface area contributed by atoms with Crippen molar-refractivity contribution in [3.05, 3.63) is 83.6 Å². The molecule has 0 radical (unpaired) electrons. The predicted octanol–water partition coefficient (Wildman–Crippen LogP) is 3.49. The summed E-state index contributed by atoms with van der Waals surface area (Å²) in [7, 11) is -3.90. The number of amides is 2. The van der Waals surface area contributed by atoms with Crippen LogP contribution >= 0.6 is 0 Å². The molecule has 0 aliphatic carbocycles. The number of sulfonamides is 1. The molecule has 0 bridgehead atoms. The smallest absolute Gasteiger partial charge is 0.326 e. The second-order valence-corrected chi connectivity index (χ2v) is 12.5. The molecule has 11 nitrogen and oxygen atoms in total. The van der Waals surface area contributed by atoms with Gasteiger partial charge in [-0.15, -0.1) is 0 Å². The van der Waals surface area contributed by atoms with Crippen molar-refractivity contribution in [1.29, 1.82) is 0 Å². The van der Waals surface area contributed by atoms with Crippen LogP contribution in [0.15, 0.2) is 71.8 Å². The van der Waals surface area contributed by atoms with E-state index in [1.807, 2.05) is 19.9 Å². The number of carboxylic acids is 1. The van der Waals surface area contributed by atoms with Gasteiger partial charge in [-0.25, -0.2) is 18.2 Å². The summed E-state index contributed by atoms with van der Waals surface area (Å²) < 4.78 is 27.4. The molecule has 2 amide bonds.